The fourth-order valence-electron chi connectivity index (χ4n) is 4.14. The minimum absolute atomic E-state index is 0.0543. The number of carbonyl (C=O) groups excluding carboxylic acids is 2. The van der Waals surface area contributed by atoms with E-state index in [0.717, 1.165) is 12.8 Å². The molecule has 8 nitrogen and oxygen atoms in total. The smallest absolute Gasteiger partial charge is 0.252 e. The van der Waals surface area contributed by atoms with Crippen LogP contribution in [0.4, 0.5) is 0 Å². The first-order valence-corrected chi connectivity index (χ1v) is 16.1. The van der Waals surface area contributed by atoms with Crippen LogP contribution in [0.25, 0.3) is 0 Å². The van der Waals surface area contributed by atoms with Gasteiger partial charge in [-0.25, -0.2) is 0 Å². The van der Waals surface area contributed by atoms with Gasteiger partial charge >= 0.3 is 0 Å². The maximum absolute atomic E-state index is 13.6. The van der Waals surface area contributed by atoms with Crippen molar-refractivity contribution in [3.63, 3.8) is 0 Å². The fraction of sp³-hybridized carbons (Fsp3) is 0.852. The summed E-state index contributed by atoms with van der Waals surface area (Å²) in [6, 6.07) is -0.597. The Kier molecular flexibility index (Phi) is 10.0. The first kappa shape index (κ1) is 31.0. The van der Waals surface area contributed by atoms with Gasteiger partial charge in [-0.3, -0.25) is 9.59 Å². The summed E-state index contributed by atoms with van der Waals surface area (Å²) in [7, 11) is -0.868. The normalized spacial score (nSPS) is 27.4. The number of methoxy groups -OCH3 is 1. The standard InChI is InChI=1S/C27H50N2O6Si/c1-25(2,3)16-15-19-20(34-27(7,8)33-19)21(35-36(10,11)26(4,5)6)22(32-9)24(31)29-18-14-12-13-17-28-23(18)30/h15-16,18-22H,12-14,17H2,1-11H3,(H,28,30)(H,29,31)/b16-15+/t18-,19+,20-,21+,22+/m0/s1. The third-order valence-corrected chi connectivity index (χ3v) is 11.6. The van der Waals surface area contributed by atoms with Crippen molar-refractivity contribution < 1.29 is 28.2 Å². The van der Waals surface area contributed by atoms with Crippen molar-refractivity contribution in [3.05, 3.63) is 12.2 Å². The molecule has 0 aromatic carbocycles. The lowest BCUT2D eigenvalue weighted by atomic mass is 9.94. The molecule has 2 amide bonds. The number of rotatable bonds is 8. The van der Waals surface area contributed by atoms with Gasteiger partial charge in [0.25, 0.3) is 5.91 Å². The number of carbonyl (C=O) groups is 2. The number of hydrogen-bond donors (Lipinski definition) is 2. The Morgan fingerprint density at radius 3 is 2.36 bits per heavy atom. The fourth-order valence-corrected chi connectivity index (χ4v) is 5.43. The van der Waals surface area contributed by atoms with Gasteiger partial charge in [0.1, 0.15) is 24.4 Å². The molecule has 36 heavy (non-hydrogen) atoms. The number of nitrogens with one attached hydrogen (secondary N) is 2. The summed E-state index contributed by atoms with van der Waals surface area (Å²) >= 11 is 0. The van der Waals surface area contributed by atoms with E-state index in [1.807, 2.05) is 19.9 Å². The van der Waals surface area contributed by atoms with Crippen LogP contribution in [0.1, 0.15) is 74.7 Å². The average molecular weight is 527 g/mol. The van der Waals surface area contributed by atoms with Crippen LogP contribution >= 0.6 is 0 Å². The van der Waals surface area contributed by atoms with Crippen molar-refractivity contribution in [2.75, 3.05) is 13.7 Å². The van der Waals surface area contributed by atoms with Crippen molar-refractivity contribution in [3.8, 4) is 0 Å². The minimum Gasteiger partial charge on any atom is -0.408 e. The second kappa shape index (κ2) is 11.6. The number of ether oxygens (including phenoxy) is 3. The molecule has 2 fully saturated rings. The summed E-state index contributed by atoms with van der Waals surface area (Å²) in [6.07, 6.45) is 3.72. The zero-order chi connectivity index (χ0) is 27.5. The van der Waals surface area contributed by atoms with Crippen molar-refractivity contribution in [2.24, 2.45) is 5.41 Å². The van der Waals surface area contributed by atoms with Crippen LogP contribution in [-0.2, 0) is 28.2 Å². The van der Waals surface area contributed by atoms with Crippen LogP contribution in [0.15, 0.2) is 12.2 Å². The highest BCUT2D eigenvalue weighted by atomic mass is 28.4. The van der Waals surface area contributed by atoms with Gasteiger partial charge in [0, 0.05) is 13.7 Å². The second-order valence-corrected chi connectivity index (χ2v) is 17.9. The Morgan fingerprint density at radius 2 is 1.81 bits per heavy atom. The van der Waals surface area contributed by atoms with Crippen molar-refractivity contribution in [2.45, 2.75) is 129 Å². The zero-order valence-corrected chi connectivity index (χ0v) is 25.3. The van der Waals surface area contributed by atoms with Crippen LogP contribution in [0.2, 0.25) is 18.1 Å². The lowest BCUT2D eigenvalue weighted by molar-refractivity contribution is -0.167. The molecule has 0 saturated carbocycles. The predicted octanol–water partition coefficient (Wildman–Crippen LogP) is 4.30. The van der Waals surface area contributed by atoms with Crippen LogP contribution < -0.4 is 10.6 Å². The summed E-state index contributed by atoms with van der Waals surface area (Å²) in [4.78, 5) is 26.1. The summed E-state index contributed by atoms with van der Waals surface area (Å²) in [5.74, 6) is -1.40. The second-order valence-electron chi connectivity index (χ2n) is 13.1. The van der Waals surface area contributed by atoms with Gasteiger partial charge in [-0.05, 0) is 56.7 Å². The molecule has 9 heteroatoms. The van der Waals surface area contributed by atoms with Gasteiger partial charge in [0.05, 0.1) is 0 Å². The molecule has 2 saturated heterocycles. The van der Waals surface area contributed by atoms with Gasteiger partial charge in [-0.2, -0.15) is 0 Å². The van der Waals surface area contributed by atoms with Gasteiger partial charge in [-0.15, -0.1) is 0 Å². The highest BCUT2D eigenvalue weighted by Crippen LogP contribution is 2.41. The van der Waals surface area contributed by atoms with Gasteiger partial charge in [-0.1, -0.05) is 53.7 Å². The molecule has 0 spiro atoms. The molecule has 208 valence electrons. The third-order valence-electron chi connectivity index (χ3n) is 7.17. The minimum atomic E-state index is -2.37. The van der Waals surface area contributed by atoms with E-state index in [2.05, 4.69) is 71.3 Å². The summed E-state index contributed by atoms with van der Waals surface area (Å²) in [5.41, 5.74) is -0.0543. The molecule has 2 rings (SSSR count). The van der Waals surface area contributed by atoms with Crippen LogP contribution in [0.5, 0.6) is 0 Å². The Labute approximate surface area is 219 Å². The molecule has 2 heterocycles. The third kappa shape index (κ3) is 8.38. The van der Waals surface area contributed by atoms with Crippen LogP contribution in [-0.4, -0.2) is 70.0 Å². The number of amides is 2. The largest absolute Gasteiger partial charge is 0.408 e. The van der Waals surface area contributed by atoms with E-state index >= 15 is 0 Å². The van der Waals surface area contributed by atoms with E-state index < -0.39 is 44.6 Å². The van der Waals surface area contributed by atoms with E-state index in [1.165, 1.54) is 7.11 Å². The molecule has 0 aromatic heterocycles. The SMILES string of the molecule is CO[C@@H](C(=O)N[C@H]1CCCCNC1=O)[C@H](O[Si](C)(C)C(C)(C)C)[C@H]1OC(C)(C)O[C@@H]1/C=C/C(C)(C)C. The van der Waals surface area contributed by atoms with E-state index in [9.17, 15) is 9.59 Å². The Hall–Kier alpha value is -1.26. The van der Waals surface area contributed by atoms with E-state index in [4.69, 9.17) is 18.6 Å². The van der Waals surface area contributed by atoms with Gasteiger partial charge in [0.15, 0.2) is 20.2 Å². The first-order chi connectivity index (χ1) is 16.4. The molecule has 0 aromatic rings. The molecule has 0 aliphatic carbocycles. The monoisotopic (exact) mass is 526 g/mol. The van der Waals surface area contributed by atoms with Gasteiger partial charge < -0.3 is 29.3 Å². The summed E-state index contributed by atoms with van der Waals surface area (Å²) in [5, 5.41) is 5.70. The lowest BCUT2D eigenvalue weighted by Gasteiger charge is -2.42. The van der Waals surface area contributed by atoms with Crippen LogP contribution in [0, 0.1) is 5.41 Å². The van der Waals surface area contributed by atoms with E-state index in [1.54, 1.807) is 0 Å². The topological polar surface area (TPSA) is 95.1 Å². The molecular weight excluding hydrogens is 476 g/mol. The molecule has 0 radical (unpaired) electrons. The van der Waals surface area contributed by atoms with Gasteiger partial charge in [0.2, 0.25) is 5.91 Å². The molecule has 0 unspecified atom stereocenters. The molecule has 5 atom stereocenters. The van der Waals surface area contributed by atoms with Crippen molar-refractivity contribution in [1.29, 1.82) is 0 Å². The highest BCUT2D eigenvalue weighted by molar-refractivity contribution is 6.74. The first-order valence-electron chi connectivity index (χ1n) is 13.2. The van der Waals surface area contributed by atoms with Crippen molar-refractivity contribution >= 4 is 20.1 Å². The summed E-state index contributed by atoms with van der Waals surface area (Å²) < 4.78 is 25.3. The maximum atomic E-state index is 13.6. The molecule has 2 aliphatic heterocycles. The highest BCUT2D eigenvalue weighted by Gasteiger charge is 2.52. The maximum Gasteiger partial charge on any atom is 0.252 e. The molecule has 2 N–H and O–H groups in total. The lowest BCUT2D eigenvalue weighted by Crippen LogP contribution is -2.59. The predicted molar refractivity (Wildman–Crippen MR) is 144 cm³/mol. The van der Waals surface area contributed by atoms with E-state index in [-0.39, 0.29) is 22.3 Å². The van der Waals surface area contributed by atoms with Crippen LogP contribution in [0.3, 0.4) is 0 Å². The number of allylic oxidation sites excluding steroid dienone is 1. The molecule has 2 aliphatic rings. The van der Waals surface area contributed by atoms with E-state index in [0.29, 0.717) is 13.0 Å². The quantitative estimate of drug-likeness (QED) is 0.362. The average Bonchev–Trinajstić information content (AvgIpc) is 2.89. The molecule has 0 bridgehead atoms. The number of hydrogen-bond acceptors (Lipinski definition) is 6. The van der Waals surface area contributed by atoms with Crippen molar-refractivity contribution in [1.82, 2.24) is 10.6 Å². The Bertz CT molecular complexity index is 799. The zero-order valence-electron chi connectivity index (χ0n) is 24.3. The summed E-state index contributed by atoms with van der Waals surface area (Å²) in [6.45, 7) is 21.5. The molecular formula is C27H50N2O6Si. The Balaban J connectivity index is 2.45. The Morgan fingerprint density at radius 1 is 1.17 bits per heavy atom.